The van der Waals surface area contributed by atoms with Crippen LogP contribution in [0.5, 0.6) is 0 Å². The molecular weight excluding hydrogens is 568 g/mol. The topological polar surface area (TPSA) is 90.3 Å². The molecule has 1 aliphatic heterocycles. The highest BCUT2D eigenvalue weighted by molar-refractivity contribution is 5.24. The summed E-state index contributed by atoms with van der Waals surface area (Å²) < 4.78 is 5.58. The quantitative estimate of drug-likeness (QED) is 0.260. The van der Waals surface area contributed by atoms with Gasteiger partial charge in [-0.1, -0.05) is 82.1 Å². The van der Waals surface area contributed by atoms with Crippen molar-refractivity contribution in [1.82, 2.24) is 14.7 Å². The van der Waals surface area contributed by atoms with Crippen LogP contribution in [0.3, 0.4) is 0 Å². The Morgan fingerprint density at radius 3 is 1.22 bits per heavy atom. The third-order valence-electron chi connectivity index (χ3n) is 11.4. The van der Waals surface area contributed by atoms with Crippen LogP contribution >= 0.6 is 0 Å². The zero-order chi connectivity index (χ0) is 34.5. The van der Waals surface area contributed by atoms with E-state index in [1.807, 2.05) is 6.26 Å². The molecule has 0 aromatic carbocycles. The maximum Gasteiger partial charge on any atom is 0.286 e. The van der Waals surface area contributed by atoms with Gasteiger partial charge in [-0.2, -0.15) is 15.8 Å². The Bertz CT molecular complexity index is 1280. The largest absolute Gasteiger partial charge is 0.424 e. The highest BCUT2D eigenvalue weighted by Gasteiger charge is 2.49. The van der Waals surface area contributed by atoms with Crippen LogP contribution in [0.25, 0.3) is 0 Å². The van der Waals surface area contributed by atoms with Crippen LogP contribution in [-0.2, 0) is 4.74 Å². The molecule has 7 heteroatoms. The van der Waals surface area contributed by atoms with Crippen molar-refractivity contribution in [2.75, 3.05) is 19.6 Å². The van der Waals surface area contributed by atoms with E-state index in [1.165, 1.54) is 0 Å². The Morgan fingerprint density at radius 1 is 0.565 bits per heavy atom. The number of nitriles is 3. The Balaban J connectivity index is 1.72. The summed E-state index contributed by atoms with van der Waals surface area (Å²) >= 11 is 0. The molecule has 0 bridgehead atoms. The highest BCUT2D eigenvalue weighted by Crippen LogP contribution is 2.54. The Kier molecular flexibility index (Phi) is 9.45. The second-order valence-corrected chi connectivity index (χ2v) is 19.2. The van der Waals surface area contributed by atoms with E-state index >= 15 is 0 Å². The summed E-state index contributed by atoms with van der Waals surface area (Å²) in [6.45, 7) is 36.9. The zero-order valence-electron chi connectivity index (χ0n) is 30.4. The van der Waals surface area contributed by atoms with Crippen molar-refractivity contribution in [3.05, 3.63) is 37.2 Å². The van der Waals surface area contributed by atoms with E-state index in [0.29, 0.717) is 6.54 Å². The second kappa shape index (κ2) is 12.2. The molecule has 0 aromatic rings. The molecule has 6 unspecified atom stereocenters. The third-order valence-corrected chi connectivity index (χ3v) is 11.4. The molecule has 4 aliphatic rings. The second-order valence-electron chi connectivity index (χ2n) is 19.2. The predicted octanol–water partition coefficient (Wildman–Crippen LogP) is 9.11. The van der Waals surface area contributed by atoms with E-state index in [2.05, 4.69) is 89.2 Å². The zero-order valence-corrected chi connectivity index (χ0v) is 30.4. The van der Waals surface area contributed by atoms with E-state index in [0.717, 1.165) is 88.3 Å². The van der Waals surface area contributed by atoms with Gasteiger partial charge in [-0.15, -0.1) is 0 Å². The smallest absolute Gasteiger partial charge is 0.286 e. The summed E-state index contributed by atoms with van der Waals surface area (Å²) in [7, 11) is 0. The van der Waals surface area contributed by atoms with Crippen LogP contribution in [0.4, 0.5) is 0 Å². The first-order valence-electron chi connectivity index (χ1n) is 17.3. The minimum Gasteiger partial charge on any atom is -0.424 e. The van der Waals surface area contributed by atoms with Crippen molar-refractivity contribution >= 4 is 0 Å². The lowest BCUT2D eigenvalue weighted by Gasteiger charge is -2.57. The van der Waals surface area contributed by atoms with Gasteiger partial charge in [0.1, 0.15) is 23.6 Å². The van der Waals surface area contributed by atoms with Gasteiger partial charge in [0, 0.05) is 31.5 Å². The lowest BCUT2D eigenvalue weighted by atomic mass is 9.60. The van der Waals surface area contributed by atoms with Crippen molar-refractivity contribution in [1.29, 1.82) is 15.8 Å². The number of nitrogens with zero attached hydrogens (tertiary/aromatic N) is 6. The molecule has 1 heterocycles. The van der Waals surface area contributed by atoms with Crippen LogP contribution in [0, 0.1) is 78.5 Å². The molecule has 4 rings (SSSR count). The summed E-state index contributed by atoms with van der Waals surface area (Å²) in [5.74, 6) is 2.66. The molecule has 0 aromatic heterocycles. The lowest BCUT2D eigenvalue weighted by molar-refractivity contribution is -0.0370. The number of rotatable bonds is 7. The van der Waals surface area contributed by atoms with Crippen molar-refractivity contribution in [2.24, 2.45) is 44.3 Å². The van der Waals surface area contributed by atoms with Gasteiger partial charge in [0.15, 0.2) is 0 Å². The van der Waals surface area contributed by atoms with Gasteiger partial charge < -0.3 is 19.4 Å². The number of hydrogen-bond donors (Lipinski definition) is 0. The Labute approximate surface area is 280 Å². The highest BCUT2D eigenvalue weighted by atomic mass is 16.5. The standard InChI is InChI=1S/C39H60N6O/c1-28-43(24-37(10)15-31(19-40)13-34(4,5)21-37)29(2)45(26-39(12)18-33(46-27-42)17-36(8,9)23-39)30(3)44(28)25-38(11)16-32(20-41)14-35(6,7)22-38/h31-33H,1-3,13-18,21-26H2,4-12H3. The van der Waals surface area contributed by atoms with E-state index in [4.69, 9.17) is 24.5 Å². The van der Waals surface area contributed by atoms with Crippen molar-refractivity contribution in [3.63, 3.8) is 0 Å². The number of ether oxygens (including phenoxy) is 1. The average molecular weight is 629 g/mol. The lowest BCUT2D eigenvalue weighted by Crippen LogP contribution is -2.57. The fraction of sp³-hybridized carbons (Fsp3) is 0.769. The monoisotopic (exact) mass is 628 g/mol. The molecule has 3 saturated carbocycles. The average Bonchev–Trinajstić information content (AvgIpc) is 2.88. The summed E-state index contributed by atoms with van der Waals surface area (Å²) in [5, 5.41) is 29.4. The molecule has 0 radical (unpaired) electrons. The van der Waals surface area contributed by atoms with Crippen molar-refractivity contribution in [3.8, 4) is 18.4 Å². The van der Waals surface area contributed by atoms with Gasteiger partial charge in [-0.05, 0) is 90.3 Å². The molecule has 46 heavy (non-hydrogen) atoms. The minimum atomic E-state index is -0.142. The Hall–Kier alpha value is -3.11. The molecule has 0 N–H and O–H groups in total. The van der Waals surface area contributed by atoms with E-state index in [1.54, 1.807) is 0 Å². The molecule has 0 spiro atoms. The molecule has 3 aliphatic carbocycles. The van der Waals surface area contributed by atoms with Crippen LogP contribution in [-0.4, -0.2) is 40.4 Å². The van der Waals surface area contributed by atoms with Gasteiger partial charge in [0.25, 0.3) is 6.26 Å². The molecule has 7 nitrogen and oxygen atoms in total. The van der Waals surface area contributed by atoms with Crippen LogP contribution < -0.4 is 0 Å². The fourth-order valence-electron chi connectivity index (χ4n) is 11.1. The van der Waals surface area contributed by atoms with Crippen LogP contribution in [0.15, 0.2) is 37.2 Å². The summed E-state index contributed by atoms with van der Waals surface area (Å²) in [6.07, 6.45) is 10.1. The normalized spacial score (nSPS) is 37.2. The summed E-state index contributed by atoms with van der Waals surface area (Å²) in [5.41, 5.74) is -0.185. The summed E-state index contributed by atoms with van der Waals surface area (Å²) in [6, 6.07) is 5.19. The fourth-order valence-corrected chi connectivity index (χ4v) is 11.1. The SMILES string of the molecule is C=C1N(CC2(C)CC(C#N)CC(C)(C)C2)C(=C)N(CC2(C)CC(OC#N)CC(C)(C)C2)C(=C)N1CC1(C)CC(C#N)CC(C)(C)C1. The minimum absolute atomic E-state index is 0.0222. The van der Waals surface area contributed by atoms with Gasteiger partial charge in [-0.3, -0.25) is 0 Å². The third kappa shape index (κ3) is 7.88. The first kappa shape index (κ1) is 35.7. The molecule has 0 amide bonds. The molecule has 4 fully saturated rings. The van der Waals surface area contributed by atoms with Gasteiger partial charge in [0.05, 0.1) is 12.1 Å². The first-order chi connectivity index (χ1) is 21.1. The summed E-state index contributed by atoms with van der Waals surface area (Å²) in [4.78, 5) is 6.88. The van der Waals surface area contributed by atoms with Crippen LogP contribution in [0.2, 0.25) is 0 Å². The molecular formula is C39H60N6O. The van der Waals surface area contributed by atoms with Crippen molar-refractivity contribution in [2.45, 2.75) is 126 Å². The predicted molar refractivity (Wildman–Crippen MR) is 183 cm³/mol. The van der Waals surface area contributed by atoms with E-state index < -0.39 is 0 Å². The van der Waals surface area contributed by atoms with E-state index in [-0.39, 0.29) is 50.4 Å². The van der Waals surface area contributed by atoms with E-state index in [9.17, 15) is 15.8 Å². The van der Waals surface area contributed by atoms with Gasteiger partial charge >= 0.3 is 0 Å². The molecule has 252 valence electrons. The van der Waals surface area contributed by atoms with Gasteiger partial charge in [-0.25, -0.2) is 0 Å². The first-order valence-corrected chi connectivity index (χ1v) is 17.3. The van der Waals surface area contributed by atoms with Crippen molar-refractivity contribution < 1.29 is 4.74 Å². The molecule has 6 atom stereocenters. The van der Waals surface area contributed by atoms with Gasteiger partial charge in [0.2, 0.25) is 0 Å². The maximum absolute atomic E-state index is 10.0. The Morgan fingerprint density at radius 2 is 0.891 bits per heavy atom. The van der Waals surface area contributed by atoms with Crippen LogP contribution in [0.1, 0.15) is 120 Å². The maximum atomic E-state index is 10.0. The molecule has 1 saturated heterocycles. The number of hydrogen-bond acceptors (Lipinski definition) is 7.